The van der Waals surface area contributed by atoms with Crippen molar-refractivity contribution in [1.29, 1.82) is 0 Å². The number of halogens is 1. The second kappa shape index (κ2) is 9.36. The molecule has 4 rings (SSSR count). The van der Waals surface area contributed by atoms with Gasteiger partial charge in [0, 0.05) is 29.4 Å². The van der Waals surface area contributed by atoms with E-state index < -0.39 is 0 Å². The maximum absolute atomic E-state index is 12.6. The highest BCUT2D eigenvalue weighted by molar-refractivity contribution is 9.10. The van der Waals surface area contributed by atoms with Crippen molar-refractivity contribution in [2.75, 3.05) is 18.4 Å². The predicted octanol–water partition coefficient (Wildman–Crippen LogP) is 3.88. The predicted molar refractivity (Wildman–Crippen MR) is 123 cm³/mol. The zero-order valence-electron chi connectivity index (χ0n) is 16.8. The number of benzene rings is 1. The van der Waals surface area contributed by atoms with E-state index in [0.29, 0.717) is 16.0 Å². The van der Waals surface area contributed by atoms with Gasteiger partial charge in [-0.05, 0) is 50.0 Å². The summed E-state index contributed by atoms with van der Waals surface area (Å²) in [5.41, 5.74) is 1.48. The van der Waals surface area contributed by atoms with Crippen molar-refractivity contribution in [3.63, 3.8) is 0 Å². The van der Waals surface area contributed by atoms with Crippen molar-refractivity contribution in [2.45, 2.75) is 39.3 Å². The van der Waals surface area contributed by atoms with Crippen molar-refractivity contribution in [3.8, 4) is 0 Å². The minimum absolute atomic E-state index is 0.151. The van der Waals surface area contributed by atoms with Crippen LogP contribution in [0.4, 0.5) is 5.13 Å². The number of amides is 1. The maximum atomic E-state index is 12.6. The molecule has 1 aliphatic rings. The standard InChI is InChI=1S/C21H24BrN5O2S/c1-14-4-7-26(8-5-14)11-16-12-30-21(24-16)25-19(28)6-9-27-13-23-18-3-2-15(22)10-17(18)20(27)29/h2-3,10,12-14H,4-9,11H2,1H3,(H,24,25,28). The number of hydrogen-bond donors (Lipinski definition) is 1. The molecule has 1 saturated heterocycles. The Morgan fingerprint density at radius 3 is 2.93 bits per heavy atom. The van der Waals surface area contributed by atoms with E-state index in [4.69, 9.17) is 0 Å². The Hall–Kier alpha value is -2.10. The molecule has 1 aliphatic heterocycles. The van der Waals surface area contributed by atoms with E-state index in [-0.39, 0.29) is 24.4 Å². The van der Waals surface area contributed by atoms with Crippen LogP contribution in [-0.4, -0.2) is 38.4 Å². The van der Waals surface area contributed by atoms with Crippen LogP contribution in [0, 0.1) is 5.92 Å². The Labute approximate surface area is 187 Å². The summed E-state index contributed by atoms with van der Waals surface area (Å²) in [5, 5.41) is 5.99. The van der Waals surface area contributed by atoms with Crippen molar-refractivity contribution in [3.05, 3.63) is 50.4 Å². The second-order valence-electron chi connectivity index (χ2n) is 7.81. The molecule has 1 aromatic carbocycles. The number of rotatable bonds is 6. The molecule has 0 unspecified atom stereocenters. The van der Waals surface area contributed by atoms with Gasteiger partial charge in [-0.1, -0.05) is 22.9 Å². The van der Waals surface area contributed by atoms with E-state index in [9.17, 15) is 9.59 Å². The fourth-order valence-electron chi connectivity index (χ4n) is 3.58. The molecule has 2 aromatic heterocycles. The van der Waals surface area contributed by atoms with Crippen LogP contribution >= 0.6 is 27.3 Å². The summed E-state index contributed by atoms with van der Waals surface area (Å²) in [5.74, 6) is 0.641. The first-order valence-corrected chi connectivity index (χ1v) is 11.8. The second-order valence-corrected chi connectivity index (χ2v) is 9.58. The maximum Gasteiger partial charge on any atom is 0.261 e. The first-order chi connectivity index (χ1) is 14.5. The lowest BCUT2D eigenvalue weighted by atomic mass is 9.99. The third kappa shape index (κ3) is 5.14. The zero-order valence-corrected chi connectivity index (χ0v) is 19.2. The Balaban J connectivity index is 1.32. The summed E-state index contributed by atoms with van der Waals surface area (Å²) in [7, 11) is 0. The SMILES string of the molecule is CC1CCN(Cc2csc(NC(=O)CCn3cnc4ccc(Br)cc4c3=O)n2)CC1. The van der Waals surface area contributed by atoms with E-state index in [1.165, 1.54) is 35.1 Å². The highest BCUT2D eigenvalue weighted by Gasteiger charge is 2.17. The average molecular weight is 490 g/mol. The summed E-state index contributed by atoms with van der Waals surface area (Å²) in [4.78, 5) is 36.2. The number of carbonyl (C=O) groups excluding carboxylic acids is 1. The van der Waals surface area contributed by atoms with Crippen LogP contribution in [0.2, 0.25) is 0 Å². The number of nitrogens with one attached hydrogen (secondary N) is 1. The molecule has 1 amide bonds. The topological polar surface area (TPSA) is 80.1 Å². The van der Waals surface area contributed by atoms with Gasteiger partial charge in [-0.25, -0.2) is 9.97 Å². The Morgan fingerprint density at radius 2 is 2.13 bits per heavy atom. The minimum atomic E-state index is -0.163. The monoisotopic (exact) mass is 489 g/mol. The number of anilines is 1. The lowest BCUT2D eigenvalue weighted by Gasteiger charge is -2.29. The molecule has 158 valence electrons. The average Bonchev–Trinajstić information content (AvgIpc) is 3.16. The van der Waals surface area contributed by atoms with Gasteiger partial charge in [-0.15, -0.1) is 11.3 Å². The summed E-state index contributed by atoms with van der Waals surface area (Å²) in [6, 6.07) is 5.39. The summed E-state index contributed by atoms with van der Waals surface area (Å²) >= 11 is 4.82. The van der Waals surface area contributed by atoms with Crippen LogP contribution in [-0.2, 0) is 17.9 Å². The lowest BCUT2D eigenvalue weighted by Crippen LogP contribution is -2.32. The molecule has 1 fully saturated rings. The Kier molecular flexibility index (Phi) is 6.60. The van der Waals surface area contributed by atoms with Crippen molar-refractivity contribution in [2.24, 2.45) is 5.92 Å². The van der Waals surface area contributed by atoms with Crippen molar-refractivity contribution >= 4 is 49.2 Å². The van der Waals surface area contributed by atoms with E-state index >= 15 is 0 Å². The number of aromatic nitrogens is 3. The molecule has 3 aromatic rings. The third-order valence-corrected chi connectivity index (χ3v) is 6.73. The molecule has 0 spiro atoms. The van der Waals surface area contributed by atoms with Crippen molar-refractivity contribution < 1.29 is 4.79 Å². The number of aryl methyl sites for hydroxylation is 1. The third-order valence-electron chi connectivity index (χ3n) is 5.43. The fraction of sp³-hybridized carbons (Fsp3) is 0.429. The molecular formula is C21H24BrN5O2S. The smallest absolute Gasteiger partial charge is 0.261 e. The quantitative estimate of drug-likeness (QED) is 0.568. The lowest BCUT2D eigenvalue weighted by molar-refractivity contribution is -0.116. The van der Waals surface area contributed by atoms with E-state index in [2.05, 4.69) is 43.0 Å². The van der Waals surface area contributed by atoms with Crippen LogP contribution in [0.1, 0.15) is 31.9 Å². The zero-order chi connectivity index (χ0) is 21.1. The van der Waals surface area contributed by atoms with Crippen LogP contribution in [0.15, 0.2) is 39.2 Å². The van der Waals surface area contributed by atoms with Gasteiger partial charge in [-0.2, -0.15) is 0 Å². The molecule has 7 nitrogen and oxygen atoms in total. The fourth-order valence-corrected chi connectivity index (χ4v) is 4.66. The van der Waals surface area contributed by atoms with Gasteiger partial charge < -0.3 is 5.32 Å². The van der Waals surface area contributed by atoms with Gasteiger partial charge in [-0.3, -0.25) is 19.1 Å². The molecule has 0 radical (unpaired) electrons. The van der Waals surface area contributed by atoms with Crippen LogP contribution in [0.3, 0.4) is 0 Å². The van der Waals surface area contributed by atoms with Gasteiger partial charge in [0.15, 0.2) is 5.13 Å². The highest BCUT2D eigenvalue weighted by atomic mass is 79.9. The van der Waals surface area contributed by atoms with E-state index in [1.807, 2.05) is 11.4 Å². The van der Waals surface area contributed by atoms with Crippen LogP contribution in [0.25, 0.3) is 10.9 Å². The van der Waals surface area contributed by atoms with Crippen LogP contribution in [0.5, 0.6) is 0 Å². The molecule has 0 atom stereocenters. The first kappa shape index (κ1) is 21.1. The highest BCUT2D eigenvalue weighted by Crippen LogP contribution is 2.21. The number of piperidine rings is 1. The van der Waals surface area contributed by atoms with Gasteiger partial charge in [0.1, 0.15) is 0 Å². The Bertz CT molecular complexity index is 1100. The number of thiazole rings is 1. The molecule has 0 bridgehead atoms. The molecule has 0 saturated carbocycles. The summed E-state index contributed by atoms with van der Waals surface area (Å²) in [6.45, 7) is 5.60. The number of carbonyl (C=O) groups is 1. The first-order valence-electron chi connectivity index (χ1n) is 10.1. The molecule has 9 heteroatoms. The molecular weight excluding hydrogens is 466 g/mol. The number of nitrogens with zero attached hydrogens (tertiary/aromatic N) is 4. The Morgan fingerprint density at radius 1 is 1.33 bits per heavy atom. The minimum Gasteiger partial charge on any atom is -0.302 e. The number of hydrogen-bond acceptors (Lipinski definition) is 6. The molecule has 30 heavy (non-hydrogen) atoms. The largest absolute Gasteiger partial charge is 0.302 e. The summed E-state index contributed by atoms with van der Waals surface area (Å²) in [6.07, 6.45) is 4.13. The van der Waals surface area contributed by atoms with Gasteiger partial charge in [0.25, 0.3) is 5.56 Å². The van der Waals surface area contributed by atoms with Crippen LogP contribution < -0.4 is 10.9 Å². The molecule has 0 aliphatic carbocycles. The summed E-state index contributed by atoms with van der Waals surface area (Å²) < 4.78 is 2.29. The van der Waals surface area contributed by atoms with Gasteiger partial charge in [0.05, 0.1) is 22.9 Å². The molecule has 3 heterocycles. The number of likely N-dealkylation sites (tertiary alicyclic amines) is 1. The van der Waals surface area contributed by atoms with E-state index in [0.717, 1.165) is 35.7 Å². The normalized spacial score (nSPS) is 15.5. The van der Waals surface area contributed by atoms with Gasteiger partial charge in [0.2, 0.25) is 5.91 Å². The molecule has 1 N–H and O–H groups in total. The number of fused-ring (bicyclic) bond motifs is 1. The van der Waals surface area contributed by atoms with Crippen molar-refractivity contribution in [1.82, 2.24) is 19.4 Å². The van der Waals surface area contributed by atoms with Gasteiger partial charge >= 0.3 is 0 Å². The van der Waals surface area contributed by atoms with E-state index in [1.54, 1.807) is 12.1 Å².